The molecule has 0 amide bonds. The summed E-state index contributed by atoms with van der Waals surface area (Å²) in [6.07, 6.45) is 7.08. The van der Waals surface area contributed by atoms with E-state index in [1.54, 1.807) is 0 Å². The number of carbonyl (C=O) groups excluding carboxylic acids is 1. The molecule has 0 N–H and O–H groups in total. The van der Waals surface area contributed by atoms with E-state index in [1.807, 2.05) is 20.8 Å². The maximum absolute atomic E-state index is 12.5. The molecule has 0 atom stereocenters. The van der Waals surface area contributed by atoms with Crippen molar-refractivity contribution in [2.75, 3.05) is 0 Å². The second-order valence-electron chi connectivity index (χ2n) is 5.27. The van der Waals surface area contributed by atoms with Crippen molar-refractivity contribution in [1.82, 2.24) is 0 Å². The second kappa shape index (κ2) is 5.07. The van der Waals surface area contributed by atoms with Crippen LogP contribution in [0.3, 0.4) is 0 Å². The molecule has 1 fully saturated rings. The largest absolute Gasteiger partial charge is 0.466 e. The number of furan rings is 1. The molecule has 1 aromatic heterocycles. The van der Waals surface area contributed by atoms with Crippen LogP contribution in [-0.2, 0) is 0 Å². The normalized spacial score (nSPS) is 18.1. The minimum Gasteiger partial charge on any atom is -0.466 e. The van der Waals surface area contributed by atoms with Gasteiger partial charge in [0.15, 0.2) is 5.78 Å². The Morgan fingerprint density at radius 2 is 1.59 bits per heavy atom. The molecule has 1 aromatic rings. The van der Waals surface area contributed by atoms with E-state index in [2.05, 4.69) is 0 Å². The van der Waals surface area contributed by atoms with Gasteiger partial charge in [0, 0.05) is 11.5 Å². The minimum atomic E-state index is 0.229. The second-order valence-corrected chi connectivity index (χ2v) is 5.27. The first-order valence-electron chi connectivity index (χ1n) is 6.72. The van der Waals surface area contributed by atoms with Crippen LogP contribution in [0.25, 0.3) is 0 Å². The molecular weight excluding hydrogens is 212 g/mol. The number of hydrogen-bond donors (Lipinski definition) is 0. The van der Waals surface area contributed by atoms with Gasteiger partial charge >= 0.3 is 0 Å². The summed E-state index contributed by atoms with van der Waals surface area (Å²) < 4.78 is 5.57. The lowest BCUT2D eigenvalue weighted by Gasteiger charge is -2.12. The monoisotopic (exact) mass is 234 g/mol. The molecule has 0 bridgehead atoms. The fourth-order valence-corrected chi connectivity index (χ4v) is 2.90. The van der Waals surface area contributed by atoms with Crippen molar-refractivity contribution in [3.05, 3.63) is 22.6 Å². The van der Waals surface area contributed by atoms with Gasteiger partial charge in [0.25, 0.3) is 0 Å². The van der Waals surface area contributed by atoms with E-state index in [4.69, 9.17) is 4.42 Å². The highest BCUT2D eigenvalue weighted by atomic mass is 16.3. The zero-order valence-electron chi connectivity index (χ0n) is 11.1. The summed E-state index contributed by atoms with van der Waals surface area (Å²) in [7, 11) is 0. The predicted octanol–water partition coefficient (Wildman–Crippen LogP) is 4.36. The molecule has 1 aliphatic carbocycles. The molecule has 17 heavy (non-hydrogen) atoms. The summed E-state index contributed by atoms with van der Waals surface area (Å²) in [6, 6.07) is 0. The van der Waals surface area contributed by atoms with Gasteiger partial charge in [0.1, 0.15) is 11.5 Å². The molecule has 0 radical (unpaired) electrons. The highest BCUT2D eigenvalue weighted by Crippen LogP contribution is 2.30. The van der Waals surface area contributed by atoms with Gasteiger partial charge in [-0.1, -0.05) is 25.7 Å². The number of hydrogen-bond acceptors (Lipinski definition) is 2. The van der Waals surface area contributed by atoms with Crippen molar-refractivity contribution in [3.63, 3.8) is 0 Å². The van der Waals surface area contributed by atoms with Gasteiger partial charge in [-0.3, -0.25) is 4.79 Å². The van der Waals surface area contributed by atoms with E-state index < -0.39 is 0 Å². The number of Topliss-reactive ketones (excluding diaryl/α,β-unsaturated/α-hetero) is 1. The van der Waals surface area contributed by atoms with Gasteiger partial charge in [-0.05, 0) is 33.6 Å². The maximum atomic E-state index is 12.5. The Bertz CT molecular complexity index is 407. The zero-order chi connectivity index (χ0) is 12.4. The Balaban J connectivity index is 2.23. The Kier molecular flexibility index (Phi) is 3.70. The van der Waals surface area contributed by atoms with Crippen molar-refractivity contribution in [1.29, 1.82) is 0 Å². The molecule has 1 heterocycles. The molecule has 0 aliphatic heterocycles. The van der Waals surface area contributed by atoms with Crippen LogP contribution in [0.5, 0.6) is 0 Å². The van der Waals surface area contributed by atoms with Crippen LogP contribution in [-0.4, -0.2) is 5.78 Å². The summed E-state index contributed by atoms with van der Waals surface area (Å²) in [5, 5.41) is 0. The lowest BCUT2D eigenvalue weighted by molar-refractivity contribution is 0.0906. The molecule has 0 saturated heterocycles. The molecule has 94 valence electrons. The molecule has 1 aliphatic rings. The quantitative estimate of drug-likeness (QED) is 0.562. The van der Waals surface area contributed by atoms with Crippen LogP contribution < -0.4 is 0 Å². The molecule has 2 rings (SSSR count). The summed E-state index contributed by atoms with van der Waals surface area (Å²) in [4.78, 5) is 12.5. The van der Waals surface area contributed by atoms with Gasteiger partial charge in [-0.25, -0.2) is 0 Å². The maximum Gasteiger partial charge on any atom is 0.169 e. The molecule has 1 saturated carbocycles. The number of rotatable bonds is 2. The van der Waals surface area contributed by atoms with E-state index in [0.717, 1.165) is 35.5 Å². The van der Waals surface area contributed by atoms with Crippen LogP contribution in [0, 0.1) is 26.7 Å². The van der Waals surface area contributed by atoms with Gasteiger partial charge in [0.05, 0.1) is 5.56 Å². The van der Waals surface area contributed by atoms with E-state index >= 15 is 0 Å². The average molecular weight is 234 g/mol. The molecule has 0 aromatic carbocycles. The van der Waals surface area contributed by atoms with Crippen LogP contribution in [0.15, 0.2) is 4.42 Å². The van der Waals surface area contributed by atoms with Crippen molar-refractivity contribution < 1.29 is 9.21 Å². The number of carbonyl (C=O) groups is 1. The van der Waals surface area contributed by atoms with Crippen LogP contribution in [0.2, 0.25) is 0 Å². The van der Waals surface area contributed by atoms with Gasteiger partial charge < -0.3 is 4.42 Å². The first kappa shape index (κ1) is 12.4. The van der Waals surface area contributed by atoms with Gasteiger partial charge in [0.2, 0.25) is 0 Å². The van der Waals surface area contributed by atoms with Crippen LogP contribution >= 0.6 is 0 Å². The molecule has 2 heteroatoms. The standard InChI is InChI=1S/C15H22O2/c1-10-11(2)17-12(3)14(10)15(16)13-8-6-4-5-7-9-13/h13H,4-9H2,1-3H3. The van der Waals surface area contributed by atoms with Gasteiger partial charge in [-0.15, -0.1) is 0 Å². The fourth-order valence-electron chi connectivity index (χ4n) is 2.90. The highest BCUT2D eigenvalue weighted by Gasteiger charge is 2.26. The average Bonchev–Trinajstić information content (AvgIpc) is 2.52. The summed E-state index contributed by atoms with van der Waals surface area (Å²) >= 11 is 0. The smallest absolute Gasteiger partial charge is 0.169 e. The lowest BCUT2D eigenvalue weighted by Crippen LogP contribution is -2.15. The Labute approximate surface area is 103 Å². The highest BCUT2D eigenvalue weighted by molar-refractivity contribution is 6.00. The third-order valence-electron chi connectivity index (χ3n) is 4.03. The predicted molar refractivity (Wildman–Crippen MR) is 68.4 cm³/mol. The van der Waals surface area contributed by atoms with E-state index in [1.165, 1.54) is 25.7 Å². The summed E-state index contributed by atoms with van der Waals surface area (Å²) in [5.41, 5.74) is 1.89. The van der Waals surface area contributed by atoms with Crippen LogP contribution in [0.1, 0.15) is 66.0 Å². The third-order valence-corrected chi connectivity index (χ3v) is 4.03. The van der Waals surface area contributed by atoms with Crippen molar-refractivity contribution in [2.24, 2.45) is 5.92 Å². The SMILES string of the molecule is Cc1oc(C)c(C(=O)C2CCCCCC2)c1C. The van der Waals surface area contributed by atoms with E-state index in [0.29, 0.717) is 5.78 Å². The van der Waals surface area contributed by atoms with Crippen molar-refractivity contribution >= 4 is 5.78 Å². The van der Waals surface area contributed by atoms with Crippen molar-refractivity contribution in [3.8, 4) is 0 Å². The molecule has 2 nitrogen and oxygen atoms in total. The molecule has 0 spiro atoms. The number of ketones is 1. The number of aryl methyl sites for hydroxylation is 2. The Hall–Kier alpha value is -1.05. The molecule has 0 unspecified atom stereocenters. The molecular formula is C15H22O2. The zero-order valence-corrected chi connectivity index (χ0v) is 11.1. The Morgan fingerprint density at radius 1 is 1.00 bits per heavy atom. The van der Waals surface area contributed by atoms with Crippen LogP contribution in [0.4, 0.5) is 0 Å². The van der Waals surface area contributed by atoms with Crippen molar-refractivity contribution in [2.45, 2.75) is 59.3 Å². The first-order valence-corrected chi connectivity index (χ1v) is 6.72. The topological polar surface area (TPSA) is 30.2 Å². The van der Waals surface area contributed by atoms with E-state index in [9.17, 15) is 4.79 Å². The lowest BCUT2D eigenvalue weighted by atomic mass is 9.89. The summed E-state index contributed by atoms with van der Waals surface area (Å²) in [5.74, 6) is 2.24. The third kappa shape index (κ3) is 2.46. The first-order chi connectivity index (χ1) is 8.11. The Morgan fingerprint density at radius 3 is 2.06 bits per heavy atom. The van der Waals surface area contributed by atoms with E-state index in [-0.39, 0.29) is 5.92 Å². The fraction of sp³-hybridized carbons (Fsp3) is 0.667. The summed E-state index contributed by atoms with van der Waals surface area (Å²) in [6.45, 7) is 5.84. The van der Waals surface area contributed by atoms with Gasteiger partial charge in [-0.2, -0.15) is 0 Å². The minimum absolute atomic E-state index is 0.229.